The Bertz CT molecular complexity index is 547. The van der Waals surface area contributed by atoms with Crippen molar-refractivity contribution >= 4 is 11.7 Å². The molecule has 1 aromatic heterocycles. The second-order valence-corrected chi connectivity index (χ2v) is 7.07. The Morgan fingerprint density at radius 2 is 2.17 bits per heavy atom. The van der Waals surface area contributed by atoms with Gasteiger partial charge in [-0.2, -0.15) is 5.10 Å². The molecule has 3 rings (SSSR count). The normalized spacial score (nSPS) is 20.2. The summed E-state index contributed by atoms with van der Waals surface area (Å²) in [5, 5.41) is 10.9. The first kappa shape index (κ1) is 16.3. The minimum Gasteiger partial charge on any atom is -0.324 e. The maximum atomic E-state index is 12.6. The van der Waals surface area contributed by atoms with Crippen molar-refractivity contribution in [3.63, 3.8) is 0 Å². The number of aromatic nitrogens is 2. The van der Waals surface area contributed by atoms with Gasteiger partial charge < -0.3 is 15.5 Å². The molecule has 128 valence electrons. The number of piperidine rings is 1. The predicted molar refractivity (Wildman–Crippen MR) is 91.6 cm³/mol. The number of nitrogens with one attached hydrogen (secondary N) is 2. The fourth-order valence-corrected chi connectivity index (χ4v) is 3.77. The Balaban J connectivity index is 1.58. The maximum absolute atomic E-state index is 12.6. The fourth-order valence-electron chi connectivity index (χ4n) is 3.77. The number of unbranched alkanes of at least 4 members (excludes halogenated alkanes) is 1. The number of carbonyl (C=O) groups excluding carboxylic acids is 1. The van der Waals surface area contributed by atoms with Crippen LogP contribution in [0.25, 0.3) is 0 Å². The molecular formula is C17H29N5O. The first-order valence-electron chi connectivity index (χ1n) is 8.93. The van der Waals surface area contributed by atoms with Gasteiger partial charge in [-0.3, -0.25) is 4.68 Å². The molecular weight excluding hydrogens is 290 g/mol. The van der Waals surface area contributed by atoms with Gasteiger partial charge in [-0.1, -0.05) is 13.3 Å². The molecule has 3 heterocycles. The van der Waals surface area contributed by atoms with Crippen molar-refractivity contribution in [3.8, 4) is 0 Å². The standard InChI is InChI=1S/C17H29N5O/c1-3-4-10-22-14(2)15(12-19-22)20-16(23)21-11-7-17(13-21)5-8-18-9-6-17/h12,18H,3-11,13H2,1-2H3,(H,20,23). The molecule has 0 saturated carbocycles. The third-order valence-corrected chi connectivity index (χ3v) is 5.46. The Kier molecular flexibility index (Phi) is 4.90. The minimum absolute atomic E-state index is 0.0264. The maximum Gasteiger partial charge on any atom is 0.321 e. The van der Waals surface area contributed by atoms with Crippen LogP contribution in [0.4, 0.5) is 10.5 Å². The largest absolute Gasteiger partial charge is 0.324 e. The lowest BCUT2D eigenvalue weighted by atomic mass is 9.78. The van der Waals surface area contributed by atoms with Gasteiger partial charge in [-0.15, -0.1) is 0 Å². The second kappa shape index (κ2) is 6.91. The van der Waals surface area contributed by atoms with Crippen LogP contribution in [-0.2, 0) is 6.54 Å². The number of hydrogen-bond donors (Lipinski definition) is 2. The quantitative estimate of drug-likeness (QED) is 0.897. The van der Waals surface area contributed by atoms with E-state index in [0.29, 0.717) is 5.41 Å². The molecule has 6 nitrogen and oxygen atoms in total. The second-order valence-electron chi connectivity index (χ2n) is 7.07. The molecule has 0 aliphatic carbocycles. The van der Waals surface area contributed by atoms with Crippen LogP contribution >= 0.6 is 0 Å². The molecule has 1 aromatic rings. The first-order valence-corrected chi connectivity index (χ1v) is 8.93. The smallest absolute Gasteiger partial charge is 0.321 e. The molecule has 2 amide bonds. The van der Waals surface area contributed by atoms with Crippen molar-refractivity contribution in [3.05, 3.63) is 11.9 Å². The van der Waals surface area contributed by atoms with E-state index < -0.39 is 0 Å². The number of likely N-dealkylation sites (tertiary alicyclic amines) is 1. The van der Waals surface area contributed by atoms with Gasteiger partial charge in [0.05, 0.1) is 17.6 Å². The van der Waals surface area contributed by atoms with Crippen molar-refractivity contribution in [1.29, 1.82) is 0 Å². The predicted octanol–water partition coefficient (Wildman–Crippen LogP) is 2.60. The van der Waals surface area contributed by atoms with E-state index in [1.807, 2.05) is 16.5 Å². The van der Waals surface area contributed by atoms with Gasteiger partial charge in [-0.25, -0.2) is 4.79 Å². The van der Waals surface area contributed by atoms with Crippen LogP contribution in [0.1, 0.15) is 44.7 Å². The summed E-state index contributed by atoms with van der Waals surface area (Å²) in [4.78, 5) is 14.6. The van der Waals surface area contributed by atoms with E-state index >= 15 is 0 Å². The number of amides is 2. The lowest BCUT2D eigenvalue weighted by molar-refractivity contribution is 0.191. The van der Waals surface area contributed by atoms with Crippen molar-refractivity contribution in [2.45, 2.75) is 52.5 Å². The number of carbonyl (C=O) groups is 1. The van der Waals surface area contributed by atoms with E-state index in [1.54, 1.807) is 6.20 Å². The van der Waals surface area contributed by atoms with Gasteiger partial charge in [0, 0.05) is 19.6 Å². The summed E-state index contributed by atoms with van der Waals surface area (Å²) < 4.78 is 1.98. The molecule has 0 bridgehead atoms. The number of hydrogen-bond acceptors (Lipinski definition) is 3. The molecule has 0 atom stereocenters. The van der Waals surface area contributed by atoms with Crippen LogP contribution in [-0.4, -0.2) is 46.9 Å². The molecule has 2 N–H and O–H groups in total. The number of rotatable bonds is 4. The zero-order valence-electron chi connectivity index (χ0n) is 14.4. The highest BCUT2D eigenvalue weighted by atomic mass is 16.2. The van der Waals surface area contributed by atoms with Crippen LogP contribution in [0.2, 0.25) is 0 Å². The van der Waals surface area contributed by atoms with Crippen LogP contribution in [0, 0.1) is 12.3 Å². The minimum atomic E-state index is 0.0264. The van der Waals surface area contributed by atoms with Gasteiger partial charge in [0.1, 0.15) is 0 Å². The number of aryl methyl sites for hydroxylation is 1. The Morgan fingerprint density at radius 3 is 2.91 bits per heavy atom. The van der Waals surface area contributed by atoms with Gasteiger partial charge in [-0.05, 0) is 51.1 Å². The summed E-state index contributed by atoms with van der Waals surface area (Å²) in [6.07, 6.45) is 7.54. The van der Waals surface area contributed by atoms with Crippen molar-refractivity contribution in [2.75, 3.05) is 31.5 Å². The topological polar surface area (TPSA) is 62.2 Å². The molecule has 23 heavy (non-hydrogen) atoms. The molecule has 0 unspecified atom stereocenters. The number of anilines is 1. The Hall–Kier alpha value is -1.56. The third kappa shape index (κ3) is 3.52. The average molecular weight is 319 g/mol. The van der Waals surface area contributed by atoms with Crippen molar-refractivity contribution in [1.82, 2.24) is 20.0 Å². The number of nitrogens with zero attached hydrogens (tertiary/aromatic N) is 3. The average Bonchev–Trinajstić information content (AvgIpc) is 3.12. The summed E-state index contributed by atoms with van der Waals surface area (Å²) in [6, 6.07) is 0.0264. The lowest BCUT2D eigenvalue weighted by Crippen LogP contribution is -2.40. The van der Waals surface area contributed by atoms with Gasteiger partial charge in [0.25, 0.3) is 0 Å². The van der Waals surface area contributed by atoms with Gasteiger partial charge in [0.15, 0.2) is 0 Å². The van der Waals surface area contributed by atoms with Crippen LogP contribution in [0.5, 0.6) is 0 Å². The first-order chi connectivity index (χ1) is 11.1. The van der Waals surface area contributed by atoms with E-state index in [1.165, 1.54) is 12.8 Å². The summed E-state index contributed by atoms with van der Waals surface area (Å²) >= 11 is 0. The molecule has 2 fully saturated rings. The van der Waals surface area contributed by atoms with E-state index in [-0.39, 0.29) is 6.03 Å². The zero-order chi connectivity index (χ0) is 16.3. The highest BCUT2D eigenvalue weighted by Crippen LogP contribution is 2.38. The van der Waals surface area contributed by atoms with E-state index in [0.717, 1.165) is 63.4 Å². The fraction of sp³-hybridized carbons (Fsp3) is 0.765. The SMILES string of the molecule is CCCCn1ncc(NC(=O)N2CCC3(CCNCC3)C2)c1C. The summed E-state index contributed by atoms with van der Waals surface area (Å²) in [6.45, 7) is 9.04. The van der Waals surface area contributed by atoms with E-state index in [2.05, 4.69) is 22.7 Å². The molecule has 6 heteroatoms. The highest BCUT2D eigenvalue weighted by molar-refractivity contribution is 5.90. The highest BCUT2D eigenvalue weighted by Gasteiger charge is 2.40. The van der Waals surface area contributed by atoms with Gasteiger partial charge >= 0.3 is 6.03 Å². The Labute approximate surface area is 138 Å². The van der Waals surface area contributed by atoms with Crippen LogP contribution in [0.3, 0.4) is 0 Å². The zero-order valence-corrected chi connectivity index (χ0v) is 14.4. The molecule has 1 spiro atoms. The molecule has 2 aliphatic heterocycles. The van der Waals surface area contributed by atoms with Crippen LogP contribution < -0.4 is 10.6 Å². The summed E-state index contributed by atoms with van der Waals surface area (Å²) in [5.41, 5.74) is 2.24. The van der Waals surface area contributed by atoms with E-state index in [9.17, 15) is 4.79 Å². The summed E-state index contributed by atoms with van der Waals surface area (Å²) in [7, 11) is 0. The lowest BCUT2D eigenvalue weighted by Gasteiger charge is -2.33. The van der Waals surface area contributed by atoms with Crippen molar-refractivity contribution in [2.24, 2.45) is 5.41 Å². The Morgan fingerprint density at radius 1 is 1.39 bits per heavy atom. The number of urea groups is 1. The molecule has 2 saturated heterocycles. The molecule has 0 aromatic carbocycles. The van der Waals surface area contributed by atoms with Crippen LogP contribution in [0.15, 0.2) is 6.20 Å². The molecule has 0 radical (unpaired) electrons. The van der Waals surface area contributed by atoms with Gasteiger partial charge in [0.2, 0.25) is 0 Å². The van der Waals surface area contributed by atoms with E-state index in [4.69, 9.17) is 0 Å². The third-order valence-electron chi connectivity index (χ3n) is 5.46. The summed E-state index contributed by atoms with van der Waals surface area (Å²) in [5.74, 6) is 0. The monoisotopic (exact) mass is 319 g/mol. The van der Waals surface area contributed by atoms with Crippen molar-refractivity contribution < 1.29 is 4.79 Å². The molecule has 2 aliphatic rings.